The van der Waals surface area contributed by atoms with Gasteiger partial charge >= 0.3 is 0 Å². The molecule has 0 unspecified atom stereocenters. The Balaban J connectivity index is 2.00. The van der Waals surface area contributed by atoms with Gasteiger partial charge in [0.15, 0.2) is 5.82 Å². The molecule has 5 nitrogen and oxygen atoms in total. The number of anilines is 1. The van der Waals surface area contributed by atoms with Crippen molar-refractivity contribution in [2.75, 3.05) is 11.4 Å². The van der Waals surface area contributed by atoms with E-state index in [2.05, 4.69) is 21.8 Å². The summed E-state index contributed by atoms with van der Waals surface area (Å²) in [6.45, 7) is 3.62. The normalized spacial score (nSPS) is 11.0. The van der Waals surface area contributed by atoms with E-state index in [9.17, 15) is 5.11 Å². The molecular weight excluding hydrogens is 264 g/mol. The number of hydrogen-bond donors (Lipinski definition) is 1. The number of pyridine rings is 2. The second kappa shape index (κ2) is 5.93. The third-order valence-corrected chi connectivity index (χ3v) is 3.56. The van der Waals surface area contributed by atoms with Crippen LogP contribution in [0.3, 0.4) is 0 Å². The minimum Gasteiger partial charge on any atom is -0.390 e. The fourth-order valence-corrected chi connectivity index (χ4v) is 2.48. The highest BCUT2D eigenvalue weighted by Gasteiger charge is 2.16. The Labute approximate surface area is 123 Å². The van der Waals surface area contributed by atoms with E-state index in [0.717, 1.165) is 30.2 Å². The molecule has 21 heavy (non-hydrogen) atoms. The second-order valence-electron chi connectivity index (χ2n) is 4.84. The van der Waals surface area contributed by atoms with Crippen LogP contribution in [0.1, 0.15) is 18.2 Å². The largest absolute Gasteiger partial charge is 0.390 e. The molecule has 3 aromatic heterocycles. The first-order chi connectivity index (χ1) is 10.3. The summed E-state index contributed by atoms with van der Waals surface area (Å²) in [5, 5.41) is 9.72. The van der Waals surface area contributed by atoms with Crippen LogP contribution >= 0.6 is 0 Å². The number of hydrogen-bond acceptors (Lipinski definition) is 4. The zero-order valence-electron chi connectivity index (χ0n) is 12.0. The molecule has 0 aliphatic rings. The molecule has 1 N–H and O–H groups in total. The van der Waals surface area contributed by atoms with Gasteiger partial charge in [-0.3, -0.25) is 9.38 Å². The van der Waals surface area contributed by atoms with Gasteiger partial charge in [-0.1, -0.05) is 6.07 Å². The Kier molecular flexibility index (Phi) is 3.83. The number of rotatable bonds is 5. The molecule has 0 saturated carbocycles. The van der Waals surface area contributed by atoms with Crippen molar-refractivity contribution < 1.29 is 5.11 Å². The van der Waals surface area contributed by atoms with Gasteiger partial charge in [-0.25, -0.2) is 4.98 Å². The fraction of sp³-hybridized carbons (Fsp3) is 0.250. The second-order valence-corrected chi connectivity index (χ2v) is 4.84. The molecule has 0 amide bonds. The van der Waals surface area contributed by atoms with Crippen LogP contribution in [0, 0.1) is 0 Å². The summed E-state index contributed by atoms with van der Waals surface area (Å²) in [6.07, 6.45) is 5.51. The first-order valence-corrected chi connectivity index (χ1v) is 7.04. The van der Waals surface area contributed by atoms with Gasteiger partial charge in [-0.05, 0) is 36.8 Å². The van der Waals surface area contributed by atoms with Crippen LogP contribution in [-0.4, -0.2) is 26.0 Å². The predicted molar refractivity (Wildman–Crippen MR) is 82.1 cm³/mol. The molecule has 108 valence electrons. The van der Waals surface area contributed by atoms with Crippen LogP contribution in [0.25, 0.3) is 5.65 Å². The van der Waals surface area contributed by atoms with E-state index in [1.807, 2.05) is 40.9 Å². The van der Waals surface area contributed by atoms with E-state index in [4.69, 9.17) is 0 Å². The Hall–Kier alpha value is -2.40. The number of fused-ring (bicyclic) bond motifs is 1. The van der Waals surface area contributed by atoms with Crippen molar-refractivity contribution in [2.45, 2.75) is 20.1 Å². The summed E-state index contributed by atoms with van der Waals surface area (Å²) < 4.78 is 1.94. The van der Waals surface area contributed by atoms with Crippen LogP contribution in [0.15, 0.2) is 48.9 Å². The molecule has 0 aliphatic carbocycles. The highest BCUT2D eigenvalue weighted by molar-refractivity contribution is 5.56. The highest BCUT2D eigenvalue weighted by atomic mass is 16.3. The molecule has 0 aliphatic heterocycles. The average molecular weight is 282 g/mol. The highest BCUT2D eigenvalue weighted by Crippen LogP contribution is 2.23. The van der Waals surface area contributed by atoms with Gasteiger partial charge in [0.1, 0.15) is 5.65 Å². The quantitative estimate of drug-likeness (QED) is 0.780. The smallest absolute Gasteiger partial charge is 0.153 e. The molecule has 0 spiro atoms. The summed E-state index contributed by atoms with van der Waals surface area (Å²) in [4.78, 5) is 10.9. The van der Waals surface area contributed by atoms with Crippen LogP contribution in [0.4, 0.5) is 5.82 Å². The van der Waals surface area contributed by atoms with Crippen LogP contribution in [-0.2, 0) is 13.2 Å². The molecule has 0 aromatic carbocycles. The molecule has 3 aromatic rings. The maximum atomic E-state index is 9.72. The van der Waals surface area contributed by atoms with Crippen molar-refractivity contribution in [3.8, 4) is 0 Å². The lowest BCUT2D eigenvalue weighted by atomic mass is 10.2. The first kappa shape index (κ1) is 13.6. The predicted octanol–water partition coefficient (Wildman–Crippen LogP) is 2.25. The van der Waals surface area contributed by atoms with Crippen molar-refractivity contribution >= 4 is 11.5 Å². The van der Waals surface area contributed by atoms with E-state index >= 15 is 0 Å². The van der Waals surface area contributed by atoms with Gasteiger partial charge < -0.3 is 10.0 Å². The number of imidazole rings is 1. The van der Waals surface area contributed by atoms with Gasteiger partial charge in [-0.2, -0.15) is 0 Å². The van der Waals surface area contributed by atoms with E-state index in [1.54, 1.807) is 12.4 Å². The summed E-state index contributed by atoms with van der Waals surface area (Å²) in [7, 11) is 0. The lowest BCUT2D eigenvalue weighted by Gasteiger charge is -2.21. The Morgan fingerprint density at radius 1 is 1.19 bits per heavy atom. The molecule has 0 bridgehead atoms. The van der Waals surface area contributed by atoms with E-state index in [0.29, 0.717) is 0 Å². The molecule has 0 fully saturated rings. The Morgan fingerprint density at radius 2 is 2.00 bits per heavy atom. The van der Waals surface area contributed by atoms with Crippen LogP contribution in [0.2, 0.25) is 0 Å². The number of nitrogens with zero attached hydrogens (tertiary/aromatic N) is 4. The molecule has 0 saturated heterocycles. The monoisotopic (exact) mass is 282 g/mol. The number of aliphatic hydroxyl groups excluding tert-OH is 1. The van der Waals surface area contributed by atoms with Crippen molar-refractivity contribution in [1.82, 2.24) is 14.4 Å². The van der Waals surface area contributed by atoms with Gasteiger partial charge in [0.05, 0.1) is 12.3 Å². The van der Waals surface area contributed by atoms with Crippen molar-refractivity contribution in [3.63, 3.8) is 0 Å². The third kappa shape index (κ3) is 2.60. The summed E-state index contributed by atoms with van der Waals surface area (Å²) in [5.41, 5.74) is 2.85. The number of aromatic nitrogens is 3. The minimum absolute atomic E-state index is 0.0344. The third-order valence-electron chi connectivity index (χ3n) is 3.56. The lowest BCUT2D eigenvalue weighted by Crippen LogP contribution is -2.23. The van der Waals surface area contributed by atoms with Gasteiger partial charge in [0.25, 0.3) is 0 Å². The zero-order valence-corrected chi connectivity index (χ0v) is 12.0. The van der Waals surface area contributed by atoms with E-state index in [1.165, 1.54) is 5.56 Å². The SMILES string of the molecule is CCN(Cc1ccncc1)c1nc2ccccn2c1CO. The molecule has 3 rings (SSSR count). The lowest BCUT2D eigenvalue weighted by molar-refractivity contribution is 0.276. The first-order valence-electron chi connectivity index (χ1n) is 7.04. The summed E-state index contributed by atoms with van der Waals surface area (Å²) in [5.74, 6) is 0.836. The van der Waals surface area contributed by atoms with Crippen LogP contribution in [0.5, 0.6) is 0 Å². The van der Waals surface area contributed by atoms with E-state index in [-0.39, 0.29) is 6.61 Å². The standard InChI is InChI=1S/C16H18N4O/c1-2-19(11-13-6-8-17-9-7-13)16-14(12-21)20-10-4-3-5-15(20)18-16/h3-10,21H,2,11-12H2,1H3. The average Bonchev–Trinajstić information content (AvgIpc) is 2.92. The molecule has 5 heteroatoms. The van der Waals surface area contributed by atoms with Gasteiger partial charge in [-0.15, -0.1) is 0 Å². The van der Waals surface area contributed by atoms with Crippen molar-refractivity contribution in [3.05, 3.63) is 60.2 Å². The van der Waals surface area contributed by atoms with Crippen LogP contribution < -0.4 is 4.90 Å². The number of aliphatic hydroxyl groups is 1. The van der Waals surface area contributed by atoms with Crippen molar-refractivity contribution in [2.24, 2.45) is 0 Å². The fourth-order valence-electron chi connectivity index (χ4n) is 2.48. The van der Waals surface area contributed by atoms with Gasteiger partial charge in [0, 0.05) is 31.7 Å². The Morgan fingerprint density at radius 3 is 2.71 bits per heavy atom. The zero-order chi connectivity index (χ0) is 14.7. The minimum atomic E-state index is -0.0344. The Bertz CT molecular complexity index is 723. The summed E-state index contributed by atoms with van der Waals surface area (Å²) >= 11 is 0. The van der Waals surface area contributed by atoms with Gasteiger partial charge in [0.2, 0.25) is 0 Å². The maximum absolute atomic E-state index is 9.72. The van der Waals surface area contributed by atoms with Crippen molar-refractivity contribution in [1.29, 1.82) is 0 Å². The maximum Gasteiger partial charge on any atom is 0.153 e. The molecule has 0 radical (unpaired) electrons. The molecule has 0 atom stereocenters. The molecule has 3 heterocycles. The topological polar surface area (TPSA) is 53.7 Å². The molecular formula is C16H18N4O. The summed E-state index contributed by atoms with van der Waals surface area (Å²) in [6, 6.07) is 9.83. The van der Waals surface area contributed by atoms with E-state index < -0.39 is 0 Å².